The zero-order valence-electron chi connectivity index (χ0n) is 11.2. The lowest BCUT2D eigenvalue weighted by Crippen LogP contribution is -2.46. The summed E-state index contributed by atoms with van der Waals surface area (Å²) in [7, 11) is 0. The molecule has 1 aliphatic rings. The van der Waals surface area contributed by atoms with Crippen molar-refractivity contribution < 1.29 is 0 Å². The van der Waals surface area contributed by atoms with E-state index in [0.717, 1.165) is 26.1 Å². The van der Waals surface area contributed by atoms with Crippen LogP contribution < -0.4 is 5.73 Å². The van der Waals surface area contributed by atoms with Crippen LogP contribution in [0, 0.1) is 5.41 Å². The molecule has 2 N–H and O–H groups in total. The minimum Gasteiger partial charge on any atom is -0.326 e. The molecule has 1 heterocycles. The highest BCUT2D eigenvalue weighted by molar-refractivity contribution is 5.29. The lowest BCUT2D eigenvalue weighted by atomic mass is 9.86. The monoisotopic (exact) mass is 232 g/mol. The third-order valence-corrected chi connectivity index (χ3v) is 3.78. The summed E-state index contributed by atoms with van der Waals surface area (Å²) >= 11 is 0. The molecule has 1 aromatic carbocycles. The Labute approximate surface area is 105 Å². The summed E-state index contributed by atoms with van der Waals surface area (Å²) in [5.41, 5.74) is 9.43. The quantitative estimate of drug-likeness (QED) is 0.848. The van der Waals surface area contributed by atoms with E-state index in [9.17, 15) is 0 Å². The van der Waals surface area contributed by atoms with E-state index in [1.807, 2.05) is 0 Å². The minimum atomic E-state index is 0.191. The fourth-order valence-corrected chi connectivity index (χ4v) is 2.26. The van der Waals surface area contributed by atoms with Gasteiger partial charge in [-0.15, -0.1) is 0 Å². The van der Waals surface area contributed by atoms with Gasteiger partial charge in [0.1, 0.15) is 0 Å². The van der Waals surface area contributed by atoms with Crippen LogP contribution >= 0.6 is 0 Å². The van der Waals surface area contributed by atoms with E-state index in [2.05, 4.69) is 49.9 Å². The number of hydrogen-bond donors (Lipinski definition) is 1. The van der Waals surface area contributed by atoms with Gasteiger partial charge in [-0.25, -0.2) is 0 Å². The van der Waals surface area contributed by atoms with Crippen molar-refractivity contribution in [1.29, 1.82) is 0 Å². The van der Waals surface area contributed by atoms with Crippen LogP contribution in [0.25, 0.3) is 0 Å². The fourth-order valence-electron chi connectivity index (χ4n) is 2.26. The van der Waals surface area contributed by atoms with Gasteiger partial charge >= 0.3 is 0 Å². The van der Waals surface area contributed by atoms with Gasteiger partial charge in [0.25, 0.3) is 0 Å². The molecule has 1 atom stereocenters. The molecule has 0 saturated heterocycles. The Kier molecular flexibility index (Phi) is 3.55. The Morgan fingerprint density at radius 2 is 1.88 bits per heavy atom. The number of hydrogen-bond acceptors (Lipinski definition) is 2. The Bertz CT molecular complexity index is 379. The van der Waals surface area contributed by atoms with Gasteiger partial charge in [0.2, 0.25) is 0 Å². The van der Waals surface area contributed by atoms with Crippen LogP contribution in [0.2, 0.25) is 0 Å². The highest BCUT2D eigenvalue weighted by Gasteiger charge is 2.24. The van der Waals surface area contributed by atoms with Crippen molar-refractivity contribution in [3.63, 3.8) is 0 Å². The summed E-state index contributed by atoms with van der Waals surface area (Å²) in [6.45, 7) is 9.85. The summed E-state index contributed by atoms with van der Waals surface area (Å²) in [5, 5.41) is 0. The molecule has 2 heteroatoms. The third-order valence-electron chi connectivity index (χ3n) is 3.78. The van der Waals surface area contributed by atoms with Crippen LogP contribution in [0.3, 0.4) is 0 Å². The molecule has 2 rings (SSSR count). The molecular formula is C15H24N2. The van der Waals surface area contributed by atoms with Gasteiger partial charge in [-0.2, -0.15) is 0 Å². The third kappa shape index (κ3) is 3.08. The molecule has 1 aliphatic heterocycles. The number of nitrogens with zero attached hydrogens (tertiary/aromatic N) is 1. The van der Waals surface area contributed by atoms with Crippen LogP contribution in [-0.2, 0) is 13.0 Å². The molecular weight excluding hydrogens is 208 g/mol. The van der Waals surface area contributed by atoms with E-state index in [-0.39, 0.29) is 11.5 Å². The molecule has 1 unspecified atom stereocenters. The Hall–Kier alpha value is -0.860. The molecule has 94 valence electrons. The summed E-state index contributed by atoms with van der Waals surface area (Å²) in [6.07, 6.45) is 1.16. The van der Waals surface area contributed by atoms with Gasteiger partial charge in [-0.05, 0) is 23.0 Å². The van der Waals surface area contributed by atoms with Gasteiger partial charge in [-0.1, -0.05) is 45.0 Å². The van der Waals surface area contributed by atoms with Gasteiger partial charge < -0.3 is 5.73 Å². The first-order valence-corrected chi connectivity index (χ1v) is 6.51. The van der Waals surface area contributed by atoms with Crippen molar-refractivity contribution in [2.75, 3.05) is 13.1 Å². The molecule has 0 radical (unpaired) electrons. The first kappa shape index (κ1) is 12.6. The molecule has 1 aromatic rings. The normalized spacial score (nSPS) is 18.8. The first-order chi connectivity index (χ1) is 7.97. The maximum atomic E-state index is 6.26. The Balaban J connectivity index is 1.99. The molecule has 0 spiro atoms. The van der Waals surface area contributed by atoms with Gasteiger partial charge in [0.05, 0.1) is 0 Å². The molecule has 2 nitrogen and oxygen atoms in total. The van der Waals surface area contributed by atoms with Crippen LogP contribution in [-0.4, -0.2) is 24.0 Å². The maximum absolute atomic E-state index is 6.26. The molecule has 0 amide bonds. The fraction of sp³-hybridized carbons (Fsp3) is 0.600. The minimum absolute atomic E-state index is 0.191. The standard InChI is InChI=1S/C15H24N2/c1-15(2,3)14(16)11-17-9-8-12-6-4-5-7-13(12)10-17/h4-7,14H,8-11,16H2,1-3H3. The predicted octanol–water partition coefficient (Wildman–Crippen LogP) is 2.42. The lowest BCUT2D eigenvalue weighted by molar-refractivity contribution is 0.186. The average molecular weight is 232 g/mol. The van der Waals surface area contributed by atoms with E-state index in [4.69, 9.17) is 5.73 Å². The molecule has 17 heavy (non-hydrogen) atoms. The molecule has 0 fully saturated rings. The molecule has 0 aliphatic carbocycles. The zero-order chi connectivity index (χ0) is 12.5. The average Bonchev–Trinajstić information content (AvgIpc) is 2.27. The molecule has 0 bridgehead atoms. The van der Waals surface area contributed by atoms with E-state index < -0.39 is 0 Å². The van der Waals surface area contributed by atoms with Gasteiger partial charge in [-0.3, -0.25) is 4.90 Å². The number of benzene rings is 1. The SMILES string of the molecule is CC(C)(C)C(N)CN1CCc2ccccc2C1. The van der Waals surface area contributed by atoms with Crippen molar-refractivity contribution in [3.8, 4) is 0 Å². The van der Waals surface area contributed by atoms with Crippen molar-refractivity contribution in [3.05, 3.63) is 35.4 Å². The Morgan fingerprint density at radius 3 is 2.53 bits per heavy atom. The first-order valence-electron chi connectivity index (χ1n) is 6.51. The second-order valence-electron chi connectivity index (χ2n) is 6.23. The molecule has 0 aromatic heterocycles. The highest BCUT2D eigenvalue weighted by atomic mass is 15.1. The maximum Gasteiger partial charge on any atom is 0.0237 e. The zero-order valence-corrected chi connectivity index (χ0v) is 11.2. The van der Waals surface area contributed by atoms with E-state index >= 15 is 0 Å². The number of nitrogens with two attached hydrogens (primary N) is 1. The second-order valence-corrected chi connectivity index (χ2v) is 6.23. The van der Waals surface area contributed by atoms with Crippen molar-refractivity contribution >= 4 is 0 Å². The van der Waals surface area contributed by atoms with E-state index in [1.165, 1.54) is 11.1 Å². The van der Waals surface area contributed by atoms with Crippen LogP contribution in [0.15, 0.2) is 24.3 Å². The van der Waals surface area contributed by atoms with E-state index in [0.29, 0.717) is 0 Å². The van der Waals surface area contributed by atoms with Gasteiger partial charge in [0.15, 0.2) is 0 Å². The van der Waals surface area contributed by atoms with Crippen LogP contribution in [0.4, 0.5) is 0 Å². The van der Waals surface area contributed by atoms with E-state index in [1.54, 1.807) is 0 Å². The van der Waals surface area contributed by atoms with Crippen molar-refractivity contribution in [2.24, 2.45) is 11.1 Å². The lowest BCUT2D eigenvalue weighted by Gasteiger charge is -2.35. The topological polar surface area (TPSA) is 29.3 Å². The van der Waals surface area contributed by atoms with Crippen LogP contribution in [0.1, 0.15) is 31.9 Å². The van der Waals surface area contributed by atoms with Crippen LogP contribution in [0.5, 0.6) is 0 Å². The van der Waals surface area contributed by atoms with Gasteiger partial charge in [0, 0.05) is 25.7 Å². The van der Waals surface area contributed by atoms with Crippen molar-refractivity contribution in [1.82, 2.24) is 4.90 Å². The number of fused-ring (bicyclic) bond motifs is 1. The highest BCUT2D eigenvalue weighted by Crippen LogP contribution is 2.22. The second kappa shape index (κ2) is 4.79. The summed E-state index contributed by atoms with van der Waals surface area (Å²) in [4.78, 5) is 2.48. The number of rotatable bonds is 2. The molecule has 0 saturated carbocycles. The summed E-state index contributed by atoms with van der Waals surface area (Å²) in [6, 6.07) is 9.00. The summed E-state index contributed by atoms with van der Waals surface area (Å²) in [5.74, 6) is 0. The largest absolute Gasteiger partial charge is 0.326 e. The van der Waals surface area contributed by atoms with Crippen molar-refractivity contribution in [2.45, 2.75) is 39.8 Å². The Morgan fingerprint density at radius 1 is 1.24 bits per heavy atom. The summed E-state index contributed by atoms with van der Waals surface area (Å²) < 4.78 is 0. The smallest absolute Gasteiger partial charge is 0.0237 e. The predicted molar refractivity (Wildman–Crippen MR) is 72.9 cm³/mol.